The van der Waals surface area contributed by atoms with Gasteiger partial charge in [-0.05, 0) is 24.3 Å². The van der Waals surface area contributed by atoms with Gasteiger partial charge in [0.25, 0.3) is 0 Å². The lowest BCUT2D eigenvalue weighted by molar-refractivity contribution is 0.466. The van der Waals surface area contributed by atoms with Crippen molar-refractivity contribution < 1.29 is 4.74 Å². The van der Waals surface area contributed by atoms with Gasteiger partial charge in [-0.15, -0.1) is 0 Å². The molecule has 0 bridgehead atoms. The molecule has 0 unspecified atom stereocenters. The van der Waals surface area contributed by atoms with E-state index in [4.69, 9.17) is 4.74 Å². The number of nitrogens with zero attached hydrogens (tertiary/aromatic N) is 3. The first kappa shape index (κ1) is 9.72. The Bertz CT molecular complexity index is 635. The van der Waals surface area contributed by atoms with E-state index in [-0.39, 0.29) is 0 Å². The monoisotopic (exact) mass is 223 g/mol. The molecule has 0 fully saturated rings. The van der Waals surface area contributed by atoms with Crippen LogP contribution in [0.15, 0.2) is 55.1 Å². The van der Waals surface area contributed by atoms with Crippen molar-refractivity contribution in [1.82, 2.24) is 15.0 Å². The van der Waals surface area contributed by atoms with Crippen LogP contribution in [0.1, 0.15) is 0 Å². The molecule has 0 aliphatic heterocycles. The van der Waals surface area contributed by atoms with Crippen LogP contribution in [0.2, 0.25) is 0 Å². The zero-order chi connectivity index (χ0) is 11.5. The quantitative estimate of drug-likeness (QED) is 0.670. The minimum Gasteiger partial charge on any atom is -0.437 e. The average molecular weight is 223 g/mol. The molecule has 1 aromatic carbocycles. The van der Waals surface area contributed by atoms with Crippen molar-refractivity contribution in [3.05, 3.63) is 55.1 Å². The van der Waals surface area contributed by atoms with Gasteiger partial charge >= 0.3 is 0 Å². The number of benzene rings is 1. The van der Waals surface area contributed by atoms with E-state index in [9.17, 15) is 0 Å². The minimum atomic E-state index is 0.545. The molecule has 0 saturated heterocycles. The van der Waals surface area contributed by atoms with Gasteiger partial charge in [0.1, 0.15) is 12.1 Å². The first-order valence-electron chi connectivity index (χ1n) is 5.21. The van der Waals surface area contributed by atoms with Crippen LogP contribution in [0, 0.1) is 0 Å². The second-order valence-electron chi connectivity index (χ2n) is 3.49. The molecule has 2 aromatic heterocycles. The van der Waals surface area contributed by atoms with E-state index in [1.54, 1.807) is 12.4 Å². The Morgan fingerprint density at radius 1 is 0.941 bits per heavy atom. The topological polar surface area (TPSA) is 47.9 Å². The highest BCUT2D eigenvalue weighted by Gasteiger charge is 2.04. The Morgan fingerprint density at radius 3 is 2.76 bits per heavy atom. The second-order valence-corrected chi connectivity index (χ2v) is 3.49. The third kappa shape index (κ3) is 1.92. The largest absolute Gasteiger partial charge is 0.437 e. The normalized spacial score (nSPS) is 10.4. The molecule has 4 nitrogen and oxygen atoms in total. The van der Waals surface area contributed by atoms with Crippen molar-refractivity contribution >= 4 is 10.9 Å². The number of para-hydroxylation sites is 1. The molecule has 17 heavy (non-hydrogen) atoms. The molecule has 0 aliphatic carbocycles. The van der Waals surface area contributed by atoms with Crippen molar-refractivity contribution in [2.45, 2.75) is 0 Å². The predicted molar refractivity (Wildman–Crippen MR) is 63.8 cm³/mol. The molecule has 2 heterocycles. The minimum absolute atomic E-state index is 0.545. The summed E-state index contributed by atoms with van der Waals surface area (Å²) >= 11 is 0. The van der Waals surface area contributed by atoms with Gasteiger partial charge in [-0.2, -0.15) is 0 Å². The van der Waals surface area contributed by atoms with Gasteiger partial charge in [0.05, 0.1) is 17.1 Å². The molecule has 0 N–H and O–H groups in total. The second kappa shape index (κ2) is 4.17. The molecule has 0 saturated carbocycles. The molecule has 82 valence electrons. The lowest BCUT2D eigenvalue weighted by Gasteiger charge is -2.06. The van der Waals surface area contributed by atoms with Crippen LogP contribution in [0.25, 0.3) is 10.9 Å². The van der Waals surface area contributed by atoms with E-state index in [1.807, 2.05) is 36.4 Å². The van der Waals surface area contributed by atoms with Gasteiger partial charge in [0.15, 0.2) is 0 Å². The highest BCUT2D eigenvalue weighted by molar-refractivity contribution is 5.83. The highest BCUT2D eigenvalue weighted by Crippen LogP contribution is 2.25. The maximum absolute atomic E-state index is 5.68. The van der Waals surface area contributed by atoms with Crippen LogP contribution >= 0.6 is 0 Å². The number of pyridine rings is 1. The summed E-state index contributed by atoms with van der Waals surface area (Å²) in [5.41, 5.74) is 0.862. The summed E-state index contributed by atoms with van der Waals surface area (Å²) in [5, 5.41) is 0.888. The lowest BCUT2D eigenvalue weighted by Crippen LogP contribution is -1.91. The zero-order valence-electron chi connectivity index (χ0n) is 8.95. The van der Waals surface area contributed by atoms with E-state index in [1.165, 1.54) is 6.33 Å². The molecular weight excluding hydrogens is 214 g/mol. The predicted octanol–water partition coefficient (Wildman–Crippen LogP) is 2.82. The average Bonchev–Trinajstić information content (AvgIpc) is 2.40. The summed E-state index contributed by atoms with van der Waals surface area (Å²) in [6.07, 6.45) is 4.84. The molecule has 3 rings (SSSR count). The van der Waals surface area contributed by atoms with Gasteiger partial charge in [0.2, 0.25) is 5.88 Å². The Balaban J connectivity index is 2.06. The molecule has 4 heteroatoms. The van der Waals surface area contributed by atoms with Crippen molar-refractivity contribution in [2.24, 2.45) is 0 Å². The summed E-state index contributed by atoms with van der Waals surface area (Å²) in [7, 11) is 0. The SMILES string of the molecule is c1cncc(Oc2ncnc3ccccc23)c1. The van der Waals surface area contributed by atoms with Crippen molar-refractivity contribution in [2.75, 3.05) is 0 Å². The van der Waals surface area contributed by atoms with Crippen LogP contribution in [-0.4, -0.2) is 15.0 Å². The lowest BCUT2D eigenvalue weighted by atomic mass is 10.2. The molecule has 0 aliphatic rings. The molecule has 0 atom stereocenters. The first-order valence-corrected chi connectivity index (χ1v) is 5.21. The van der Waals surface area contributed by atoms with Crippen LogP contribution < -0.4 is 4.74 Å². The van der Waals surface area contributed by atoms with Crippen LogP contribution in [0.5, 0.6) is 11.6 Å². The Kier molecular flexibility index (Phi) is 2.38. The van der Waals surface area contributed by atoms with E-state index in [2.05, 4.69) is 15.0 Å². The highest BCUT2D eigenvalue weighted by atomic mass is 16.5. The van der Waals surface area contributed by atoms with Gasteiger partial charge in [-0.3, -0.25) is 4.98 Å². The molecule has 0 amide bonds. The number of hydrogen-bond acceptors (Lipinski definition) is 4. The maximum atomic E-state index is 5.68. The number of aromatic nitrogens is 3. The van der Waals surface area contributed by atoms with E-state index in [0.29, 0.717) is 11.6 Å². The van der Waals surface area contributed by atoms with E-state index < -0.39 is 0 Å². The summed E-state index contributed by atoms with van der Waals surface area (Å²) in [6.45, 7) is 0. The summed E-state index contributed by atoms with van der Waals surface area (Å²) in [5.74, 6) is 1.21. The van der Waals surface area contributed by atoms with Gasteiger partial charge < -0.3 is 4.74 Å². The van der Waals surface area contributed by atoms with Crippen LogP contribution in [0.4, 0.5) is 0 Å². The Morgan fingerprint density at radius 2 is 1.88 bits per heavy atom. The molecule has 3 aromatic rings. The smallest absolute Gasteiger partial charge is 0.230 e. The molecular formula is C13H9N3O. The number of hydrogen-bond donors (Lipinski definition) is 0. The fraction of sp³-hybridized carbons (Fsp3) is 0. The van der Waals surface area contributed by atoms with Crippen molar-refractivity contribution in [3.8, 4) is 11.6 Å². The van der Waals surface area contributed by atoms with Gasteiger partial charge in [-0.25, -0.2) is 9.97 Å². The summed E-state index contributed by atoms with van der Waals surface area (Å²) in [6, 6.07) is 11.4. The maximum Gasteiger partial charge on any atom is 0.230 e. The molecule has 0 radical (unpaired) electrons. The van der Waals surface area contributed by atoms with E-state index in [0.717, 1.165) is 10.9 Å². The van der Waals surface area contributed by atoms with Crippen molar-refractivity contribution in [1.29, 1.82) is 0 Å². The first-order chi connectivity index (χ1) is 8.43. The fourth-order valence-electron chi connectivity index (χ4n) is 1.58. The third-order valence-corrected chi connectivity index (χ3v) is 2.36. The summed E-state index contributed by atoms with van der Waals surface area (Å²) < 4.78 is 5.68. The van der Waals surface area contributed by atoms with Crippen LogP contribution in [0.3, 0.4) is 0 Å². The van der Waals surface area contributed by atoms with E-state index >= 15 is 0 Å². The number of fused-ring (bicyclic) bond motifs is 1. The Labute approximate surface area is 97.9 Å². The van der Waals surface area contributed by atoms with Crippen LogP contribution in [-0.2, 0) is 0 Å². The van der Waals surface area contributed by atoms with Gasteiger partial charge in [-0.1, -0.05) is 12.1 Å². The number of rotatable bonds is 2. The summed E-state index contributed by atoms with van der Waals surface area (Å²) in [4.78, 5) is 12.3. The fourth-order valence-corrected chi connectivity index (χ4v) is 1.58. The standard InChI is InChI=1S/C13H9N3O/c1-2-6-12-11(5-1)13(16-9-15-12)17-10-4-3-7-14-8-10/h1-9H. The molecule has 0 spiro atoms. The van der Waals surface area contributed by atoms with Gasteiger partial charge in [0, 0.05) is 6.20 Å². The third-order valence-electron chi connectivity index (χ3n) is 2.36. The Hall–Kier alpha value is -2.49. The van der Waals surface area contributed by atoms with Crippen molar-refractivity contribution in [3.63, 3.8) is 0 Å². The number of ether oxygens (including phenoxy) is 1. The zero-order valence-corrected chi connectivity index (χ0v) is 8.95.